The molecule has 0 amide bonds. The Bertz CT molecular complexity index is 1020. The van der Waals surface area contributed by atoms with Crippen LogP contribution in [-0.4, -0.2) is 20.9 Å². The van der Waals surface area contributed by atoms with Crippen molar-refractivity contribution >= 4 is 17.3 Å². The number of aromatic nitrogens is 2. The highest BCUT2D eigenvalue weighted by Gasteiger charge is 2.16. The number of rotatable bonds is 7. The molecule has 0 aliphatic rings. The van der Waals surface area contributed by atoms with Crippen LogP contribution >= 0.6 is 0 Å². The van der Waals surface area contributed by atoms with Gasteiger partial charge in [0.15, 0.2) is 0 Å². The highest BCUT2D eigenvalue weighted by molar-refractivity contribution is 5.81. The molecule has 0 radical (unpaired) electrons. The summed E-state index contributed by atoms with van der Waals surface area (Å²) in [5.74, 6) is -0.855. The van der Waals surface area contributed by atoms with Gasteiger partial charge in [-0.25, -0.2) is 0 Å². The van der Waals surface area contributed by atoms with Crippen molar-refractivity contribution in [1.82, 2.24) is 9.78 Å². The fourth-order valence-corrected chi connectivity index (χ4v) is 3.22. The number of carboxylic acid groups (broad SMARTS) is 1. The zero-order valence-electron chi connectivity index (χ0n) is 15.9. The Labute approximate surface area is 164 Å². The summed E-state index contributed by atoms with van der Waals surface area (Å²) < 4.78 is 1.74. The maximum absolute atomic E-state index is 11.2. The van der Waals surface area contributed by atoms with Crippen molar-refractivity contribution in [3.05, 3.63) is 66.0 Å². The van der Waals surface area contributed by atoms with E-state index in [1.165, 1.54) is 0 Å². The molecule has 0 bridgehead atoms. The number of hydrogen-bond acceptors (Lipinski definition) is 4. The van der Waals surface area contributed by atoms with Gasteiger partial charge in [0, 0.05) is 35.7 Å². The first-order chi connectivity index (χ1) is 13.5. The van der Waals surface area contributed by atoms with Crippen molar-refractivity contribution in [2.24, 2.45) is 7.05 Å². The van der Waals surface area contributed by atoms with E-state index in [1.54, 1.807) is 23.0 Å². The van der Waals surface area contributed by atoms with Crippen molar-refractivity contribution in [2.45, 2.75) is 25.7 Å². The predicted octanol–water partition coefficient (Wildman–Crippen LogP) is 4.67. The number of hydrogen-bond donors (Lipinski definition) is 2. The minimum atomic E-state index is -0.801. The minimum Gasteiger partial charge on any atom is -0.481 e. The first-order valence-corrected chi connectivity index (χ1v) is 9.12. The second kappa shape index (κ2) is 8.40. The van der Waals surface area contributed by atoms with Crippen molar-refractivity contribution in [3.63, 3.8) is 0 Å². The molecule has 0 saturated carbocycles. The first-order valence-electron chi connectivity index (χ1n) is 9.12. The summed E-state index contributed by atoms with van der Waals surface area (Å²) in [4.78, 5) is 11.2. The van der Waals surface area contributed by atoms with E-state index in [1.807, 2.05) is 50.5 Å². The van der Waals surface area contributed by atoms with Gasteiger partial charge >= 0.3 is 5.97 Å². The third-order valence-corrected chi connectivity index (χ3v) is 4.74. The molecule has 3 aromatic rings. The summed E-state index contributed by atoms with van der Waals surface area (Å²) in [6, 6.07) is 15.3. The molecule has 0 aliphatic heterocycles. The average Bonchev–Trinajstić information content (AvgIpc) is 3.12. The number of nitriles is 1. The normalized spacial score (nSPS) is 11.6. The third-order valence-electron chi connectivity index (χ3n) is 4.74. The van der Waals surface area contributed by atoms with Gasteiger partial charge < -0.3 is 10.4 Å². The number of nitrogens with one attached hydrogen (secondary N) is 1. The average molecular weight is 374 g/mol. The van der Waals surface area contributed by atoms with Crippen LogP contribution in [0.15, 0.2) is 54.9 Å². The maximum Gasteiger partial charge on any atom is 0.303 e. The molecular formula is C22H22N4O2. The molecule has 0 unspecified atom stereocenters. The Morgan fingerprint density at radius 1 is 1.29 bits per heavy atom. The van der Waals surface area contributed by atoms with E-state index in [0.717, 1.165) is 34.5 Å². The standard InChI is InChI=1S/C22H22N4O2/c1-3-16(11-22(27)28)17-6-9-20(18-13-24-26(2)14-18)21(10-17)25-19-7-4-15(12-23)5-8-19/h4-10,13-14,16,25H,3,11H2,1-2H3,(H,27,28)/t16-/m1/s1. The molecule has 0 aliphatic carbocycles. The van der Waals surface area contributed by atoms with Gasteiger partial charge in [-0.15, -0.1) is 0 Å². The summed E-state index contributed by atoms with van der Waals surface area (Å²) in [6.45, 7) is 2.00. The number of carboxylic acids is 1. The van der Waals surface area contributed by atoms with Gasteiger partial charge in [-0.05, 0) is 48.2 Å². The topological polar surface area (TPSA) is 90.9 Å². The molecule has 6 heteroatoms. The van der Waals surface area contributed by atoms with Gasteiger partial charge in [-0.1, -0.05) is 19.1 Å². The fraction of sp³-hybridized carbons (Fsp3) is 0.227. The van der Waals surface area contributed by atoms with Crippen LogP contribution in [0.25, 0.3) is 11.1 Å². The molecule has 142 valence electrons. The Morgan fingerprint density at radius 2 is 2.04 bits per heavy atom. The van der Waals surface area contributed by atoms with Gasteiger partial charge in [-0.3, -0.25) is 9.48 Å². The van der Waals surface area contributed by atoms with E-state index >= 15 is 0 Å². The Balaban J connectivity index is 2.02. The molecule has 1 aromatic heterocycles. The lowest BCUT2D eigenvalue weighted by Gasteiger charge is -2.18. The SMILES string of the molecule is CC[C@H](CC(=O)O)c1ccc(-c2cnn(C)c2)c(Nc2ccc(C#N)cc2)c1. The van der Waals surface area contributed by atoms with Gasteiger partial charge in [-0.2, -0.15) is 10.4 Å². The Hall–Kier alpha value is -3.59. The minimum absolute atomic E-state index is 0.0537. The number of aryl methyl sites for hydroxylation is 1. The quantitative estimate of drug-likeness (QED) is 0.627. The van der Waals surface area contributed by atoms with Crippen molar-refractivity contribution in [2.75, 3.05) is 5.32 Å². The fourth-order valence-electron chi connectivity index (χ4n) is 3.22. The Morgan fingerprint density at radius 3 is 2.61 bits per heavy atom. The smallest absolute Gasteiger partial charge is 0.303 e. The van der Waals surface area contributed by atoms with E-state index < -0.39 is 5.97 Å². The number of anilines is 2. The van der Waals surface area contributed by atoms with E-state index in [-0.39, 0.29) is 12.3 Å². The van der Waals surface area contributed by atoms with Crippen LogP contribution < -0.4 is 5.32 Å². The molecule has 2 aromatic carbocycles. The van der Waals surface area contributed by atoms with Gasteiger partial charge in [0.1, 0.15) is 0 Å². The summed E-state index contributed by atoms with van der Waals surface area (Å²) in [5, 5.41) is 25.9. The summed E-state index contributed by atoms with van der Waals surface area (Å²) >= 11 is 0. The highest BCUT2D eigenvalue weighted by Crippen LogP contribution is 2.34. The molecule has 3 rings (SSSR count). The largest absolute Gasteiger partial charge is 0.481 e. The molecule has 0 saturated heterocycles. The zero-order chi connectivity index (χ0) is 20.1. The monoisotopic (exact) mass is 374 g/mol. The van der Waals surface area contributed by atoms with Crippen LogP contribution in [0.5, 0.6) is 0 Å². The van der Waals surface area contributed by atoms with Crippen LogP contribution in [0.3, 0.4) is 0 Å². The van der Waals surface area contributed by atoms with Crippen molar-refractivity contribution in [3.8, 4) is 17.2 Å². The first kappa shape index (κ1) is 19.2. The van der Waals surface area contributed by atoms with Crippen LogP contribution in [0.2, 0.25) is 0 Å². The van der Waals surface area contributed by atoms with E-state index in [0.29, 0.717) is 5.56 Å². The molecule has 1 heterocycles. The summed E-state index contributed by atoms with van der Waals surface area (Å²) in [7, 11) is 1.87. The second-order valence-corrected chi connectivity index (χ2v) is 6.72. The Kier molecular flexibility index (Phi) is 5.75. The van der Waals surface area contributed by atoms with Crippen LogP contribution in [0.1, 0.15) is 36.8 Å². The molecule has 1 atom stereocenters. The van der Waals surface area contributed by atoms with Crippen LogP contribution in [0.4, 0.5) is 11.4 Å². The van der Waals surface area contributed by atoms with E-state index in [9.17, 15) is 9.90 Å². The molecule has 2 N–H and O–H groups in total. The summed E-state index contributed by atoms with van der Waals surface area (Å²) in [6.07, 6.45) is 4.58. The van der Waals surface area contributed by atoms with Crippen molar-refractivity contribution in [1.29, 1.82) is 5.26 Å². The zero-order valence-corrected chi connectivity index (χ0v) is 15.9. The second-order valence-electron chi connectivity index (χ2n) is 6.72. The predicted molar refractivity (Wildman–Crippen MR) is 108 cm³/mol. The number of aliphatic carboxylic acids is 1. The lowest BCUT2D eigenvalue weighted by Crippen LogP contribution is -2.06. The molecule has 28 heavy (non-hydrogen) atoms. The lowest BCUT2D eigenvalue weighted by molar-refractivity contribution is -0.137. The molecule has 6 nitrogen and oxygen atoms in total. The van der Waals surface area contributed by atoms with Crippen LogP contribution in [0, 0.1) is 11.3 Å². The third kappa shape index (κ3) is 4.38. The van der Waals surface area contributed by atoms with Gasteiger partial charge in [0.25, 0.3) is 0 Å². The lowest BCUT2D eigenvalue weighted by atomic mass is 9.91. The summed E-state index contributed by atoms with van der Waals surface area (Å²) in [5.41, 5.74) is 5.25. The van der Waals surface area contributed by atoms with E-state index in [4.69, 9.17) is 5.26 Å². The maximum atomic E-state index is 11.2. The van der Waals surface area contributed by atoms with Crippen molar-refractivity contribution < 1.29 is 9.90 Å². The molecule has 0 spiro atoms. The number of nitrogens with zero attached hydrogens (tertiary/aromatic N) is 3. The van der Waals surface area contributed by atoms with Gasteiger partial charge in [0.2, 0.25) is 0 Å². The van der Waals surface area contributed by atoms with Gasteiger partial charge in [0.05, 0.1) is 24.3 Å². The highest BCUT2D eigenvalue weighted by atomic mass is 16.4. The molecular weight excluding hydrogens is 352 g/mol. The van der Waals surface area contributed by atoms with Crippen LogP contribution in [-0.2, 0) is 11.8 Å². The number of benzene rings is 2. The molecule has 0 fully saturated rings. The number of carbonyl (C=O) groups is 1. The van der Waals surface area contributed by atoms with E-state index in [2.05, 4.69) is 16.5 Å².